The van der Waals surface area contributed by atoms with Crippen LogP contribution >= 0.6 is 22.6 Å². The summed E-state index contributed by atoms with van der Waals surface area (Å²) in [4.78, 5) is 14.1. The number of rotatable bonds is 6. The molecular weight excluding hydrogens is 738 g/mol. The minimum Gasteiger partial charge on any atom is -0.457 e. The molecule has 0 saturated heterocycles. The zero-order valence-electron chi connectivity index (χ0n) is 23.0. The average Bonchev–Trinajstić information content (AvgIpc) is 3.00. The fourth-order valence-electron chi connectivity index (χ4n) is 4.94. The highest BCUT2D eigenvalue weighted by molar-refractivity contribution is 14.1. The van der Waals surface area contributed by atoms with Crippen LogP contribution in [0.3, 0.4) is 0 Å². The van der Waals surface area contributed by atoms with Gasteiger partial charge in [0.15, 0.2) is 5.78 Å². The Kier molecular flexibility index (Phi) is 8.95. The van der Waals surface area contributed by atoms with Crippen molar-refractivity contribution in [2.75, 3.05) is 0 Å². The van der Waals surface area contributed by atoms with Crippen LogP contribution in [0.1, 0.15) is 32.6 Å². The lowest BCUT2D eigenvalue weighted by Gasteiger charge is -2.26. The molecule has 5 rings (SSSR count). The van der Waals surface area contributed by atoms with Crippen molar-refractivity contribution in [1.29, 1.82) is 0 Å². The molecule has 2 nitrogen and oxygen atoms in total. The molecule has 0 aliphatic heterocycles. The summed E-state index contributed by atoms with van der Waals surface area (Å²) >= 11 is 1.81. The quantitative estimate of drug-likeness (QED) is 0.0980. The van der Waals surface area contributed by atoms with E-state index in [-0.39, 0.29) is 11.1 Å². The van der Waals surface area contributed by atoms with Gasteiger partial charge in [-0.15, -0.1) is 0 Å². The molecule has 0 aliphatic carbocycles. The Morgan fingerprint density at radius 1 is 0.587 bits per heavy atom. The maximum absolute atomic E-state index is 15.2. The molecule has 236 valence electrons. The van der Waals surface area contributed by atoms with E-state index < -0.39 is 74.8 Å². The van der Waals surface area contributed by atoms with Crippen LogP contribution in [0, 0.1) is 3.57 Å². The number of ether oxygens (including phenoxy) is 1. The van der Waals surface area contributed by atoms with Gasteiger partial charge in [0.2, 0.25) is 0 Å². The van der Waals surface area contributed by atoms with Crippen LogP contribution in [0.25, 0.3) is 22.3 Å². The fraction of sp³-hybridized carbons (Fsp3) is 0.0882. The summed E-state index contributed by atoms with van der Waals surface area (Å²) < 4.78 is 134. The number of halogens is 10. The third-order valence-corrected chi connectivity index (χ3v) is 7.85. The molecule has 0 spiro atoms. The highest BCUT2D eigenvalue weighted by Gasteiger charge is 2.44. The van der Waals surface area contributed by atoms with Crippen molar-refractivity contribution in [3.8, 4) is 33.8 Å². The van der Waals surface area contributed by atoms with Crippen LogP contribution in [-0.2, 0) is 18.5 Å². The van der Waals surface area contributed by atoms with E-state index in [1.165, 1.54) is 42.5 Å². The van der Waals surface area contributed by atoms with E-state index in [1.807, 2.05) is 22.6 Å². The highest BCUT2D eigenvalue weighted by Crippen LogP contribution is 2.53. The van der Waals surface area contributed by atoms with E-state index >= 15 is 13.2 Å². The van der Waals surface area contributed by atoms with E-state index in [0.717, 1.165) is 36.4 Å². The number of alkyl halides is 9. The number of ketones is 1. The van der Waals surface area contributed by atoms with Gasteiger partial charge in [0.25, 0.3) is 0 Å². The topological polar surface area (TPSA) is 26.3 Å². The van der Waals surface area contributed by atoms with Gasteiger partial charge in [-0.2, -0.15) is 39.5 Å². The van der Waals surface area contributed by atoms with Crippen molar-refractivity contribution in [1.82, 2.24) is 0 Å². The lowest BCUT2D eigenvalue weighted by molar-refractivity contribution is -0.140. The molecule has 0 radical (unpaired) electrons. The molecule has 0 fully saturated rings. The molecule has 0 bridgehead atoms. The smallest absolute Gasteiger partial charge is 0.420 e. The van der Waals surface area contributed by atoms with Gasteiger partial charge in [-0.25, -0.2) is 0 Å². The second-order valence-electron chi connectivity index (χ2n) is 9.89. The fourth-order valence-corrected chi connectivity index (χ4v) is 5.60. The second-order valence-corrected chi connectivity index (χ2v) is 11.0. The van der Waals surface area contributed by atoms with Crippen LogP contribution in [-0.4, -0.2) is 5.78 Å². The predicted octanol–water partition coefficient (Wildman–Crippen LogP) is 11.7. The van der Waals surface area contributed by atoms with Gasteiger partial charge in [-0.3, -0.25) is 4.79 Å². The lowest BCUT2D eigenvalue weighted by atomic mass is 9.82. The molecule has 0 N–H and O–H groups in total. The summed E-state index contributed by atoms with van der Waals surface area (Å²) in [6.45, 7) is 0. The Morgan fingerprint density at radius 3 is 1.72 bits per heavy atom. The van der Waals surface area contributed by atoms with Gasteiger partial charge in [-0.1, -0.05) is 66.7 Å². The van der Waals surface area contributed by atoms with Gasteiger partial charge in [-0.05, 0) is 76.2 Å². The SMILES string of the molecule is O=C(c1ccccc1)c1cc(Oc2ccc(C(F)(F)F)cc2)c(C(F)(F)F)c(-c2ccccc2C(F)(F)F)c1-c1ccccc1I. The summed E-state index contributed by atoms with van der Waals surface area (Å²) in [6, 6.07) is 20.4. The first-order chi connectivity index (χ1) is 21.6. The third kappa shape index (κ3) is 6.76. The van der Waals surface area contributed by atoms with Gasteiger partial charge < -0.3 is 4.74 Å². The zero-order chi connectivity index (χ0) is 33.4. The van der Waals surface area contributed by atoms with E-state index in [0.29, 0.717) is 21.8 Å². The number of carbonyl (C=O) groups is 1. The monoisotopic (exact) mass is 756 g/mol. The minimum absolute atomic E-state index is 0.0185. The number of benzene rings is 5. The molecule has 0 aliphatic rings. The first-order valence-corrected chi connectivity index (χ1v) is 14.3. The lowest BCUT2D eigenvalue weighted by Crippen LogP contribution is -2.16. The van der Waals surface area contributed by atoms with Gasteiger partial charge in [0.05, 0.1) is 11.1 Å². The Morgan fingerprint density at radius 2 is 1.15 bits per heavy atom. The van der Waals surface area contributed by atoms with Crippen molar-refractivity contribution in [3.05, 3.63) is 141 Å². The maximum atomic E-state index is 15.2. The minimum atomic E-state index is -5.38. The Hall–Kier alpha value is -4.33. The van der Waals surface area contributed by atoms with Crippen LogP contribution in [0.2, 0.25) is 0 Å². The largest absolute Gasteiger partial charge is 0.457 e. The summed E-state index contributed by atoms with van der Waals surface area (Å²) in [5, 5.41) is 0. The maximum Gasteiger partial charge on any atom is 0.420 e. The normalized spacial score (nSPS) is 12.2. The Balaban J connectivity index is 1.96. The summed E-state index contributed by atoms with van der Waals surface area (Å²) in [5.74, 6) is -2.38. The van der Waals surface area contributed by atoms with Crippen LogP contribution < -0.4 is 4.74 Å². The highest BCUT2D eigenvalue weighted by atomic mass is 127. The van der Waals surface area contributed by atoms with Gasteiger partial charge in [0.1, 0.15) is 17.1 Å². The van der Waals surface area contributed by atoms with E-state index in [2.05, 4.69) is 0 Å². The van der Waals surface area contributed by atoms with E-state index in [4.69, 9.17) is 4.74 Å². The first kappa shape index (κ1) is 33.0. The molecule has 12 heteroatoms. The average molecular weight is 756 g/mol. The molecule has 0 heterocycles. The van der Waals surface area contributed by atoms with Crippen molar-refractivity contribution in [2.24, 2.45) is 0 Å². The summed E-state index contributed by atoms with van der Waals surface area (Å²) in [5.41, 5.74) is -6.80. The van der Waals surface area contributed by atoms with Crippen molar-refractivity contribution in [3.63, 3.8) is 0 Å². The number of carbonyl (C=O) groups excluding carboxylic acids is 1. The van der Waals surface area contributed by atoms with E-state index in [1.54, 1.807) is 12.1 Å². The number of hydrogen-bond donors (Lipinski definition) is 0. The standard InChI is InChI=1S/C34H18F9IO2/c35-32(36,37)20-14-16-21(17-15-20)46-27-18-24(31(45)19-8-2-1-3-9-19)28(23-11-5-7-13-26(23)44)29(30(27)34(41,42)43)22-10-4-6-12-25(22)33(38,39)40/h1-18H. The van der Waals surface area contributed by atoms with Crippen LogP contribution in [0.5, 0.6) is 11.5 Å². The molecule has 0 aromatic heterocycles. The Bertz CT molecular complexity index is 1890. The van der Waals surface area contributed by atoms with Gasteiger partial charge in [0, 0.05) is 25.8 Å². The predicted molar refractivity (Wildman–Crippen MR) is 161 cm³/mol. The molecule has 5 aromatic carbocycles. The first-order valence-electron chi connectivity index (χ1n) is 13.2. The summed E-state index contributed by atoms with van der Waals surface area (Å²) in [6.07, 6.45) is -15.2. The molecule has 5 aromatic rings. The molecule has 0 amide bonds. The molecule has 46 heavy (non-hydrogen) atoms. The summed E-state index contributed by atoms with van der Waals surface area (Å²) in [7, 11) is 0. The van der Waals surface area contributed by atoms with Crippen molar-refractivity contribution >= 4 is 28.4 Å². The Labute approximate surface area is 269 Å². The van der Waals surface area contributed by atoms with E-state index in [9.17, 15) is 31.1 Å². The van der Waals surface area contributed by atoms with Crippen molar-refractivity contribution in [2.45, 2.75) is 18.5 Å². The molecule has 0 unspecified atom stereocenters. The second kappa shape index (κ2) is 12.5. The molecule has 0 atom stereocenters. The molecule has 0 saturated carbocycles. The van der Waals surface area contributed by atoms with Crippen molar-refractivity contribution < 1.29 is 49.0 Å². The van der Waals surface area contributed by atoms with Gasteiger partial charge >= 0.3 is 18.5 Å². The van der Waals surface area contributed by atoms with Crippen LogP contribution in [0.4, 0.5) is 39.5 Å². The molecular formula is C34H18F9IO2. The number of hydrogen-bond acceptors (Lipinski definition) is 2. The third-order valence-electron chi connectivity index (χ3n) is 6.91. The zero-order valence-corrected chi connectivity index (χ0v) is 25.1. The van der Waals surface area contributed by atoms with Crippen LogP contribution in [0.15, 0.2) is 109 Å².